The molecule has 3 N–H and O–H groups in total. The molecule has 2 rings (SSSR count). The van der Waals surface area contributed by atoms with Crippen LogP contribution in [0.3, 0.4) is 0 Å². The maximum Gasteiger partial charge on any atom is 0.144 e. The fraction of sp³-hybridized carbons (Fsp3) is 0.538. The molecule has 1 heterocycles. The Morgan fingerprint density at radius 3 is 3.06 bits per heavy atom. The van der Waals surface area contributed by atoms with Crippen molar-refractivity contribution in [1.29, 1.82) is 0 Å². The number of para-hydroxylation sites is 1. The third-order valence-electron chi connectivity index (χ3n) is 2.77. The van der Waals surface area contributed by atoms with Crippen molar-refractivity contribution in [3.05, 3.63) is 18.2 Å². The van der Waals surface area contributed by atoms with Crippen molar-refractivity contribution in [1.82, 2.24) is 0 Å². The first kappa shape index (κ1) is 13.0. The van der Waals surface area contributed by atoms with Crippen LogP contribution in [0.15, 0.2) is 18.2 Å². The van der Waals surface area contributed by atoms with Gasteiger partial charge in [-0.25, -0.2) is 0 Å². The number of nitrogens with two attached hydrogens (primary N) is 1. The second kappa shape index (κ2) is 6.47. The first-order valence-electron chi connectivity index (χ1n) is 6.25. The van der Waals surface area contributed by atoms with Crippen molar-refractivity contribution >= 4 is 11.4 Å². The quantitative estimate of drug-likeness (QED) is 0.777. The zero-order chi connectivity index (χ0) is 12.8. The Morgan fingerprint density at radius 2 is 2.33 bits per heavy atom. The van der Waals surface area contributed by atoms with Gasteiger partial charge in [-0.2, -0.15) is 0 Å². The van der Waals surface area contributed by atoms with E-state index in [4.69, 9.17) is 19.9 Å². The molecule has 1 aromatic carbocycles. The molecule has 100 valence electrons. The standard InChI is InChI=1S/C13H20N2O3/c1-2-17-12-5-3-4-11(13(12)14)15-8-10-9-16-6-7-18-10/h3-5,10,15H,2,6-9,14H2,1H3. The van der Waals surface area contributed by atoms with Crippen LogP contribution in [0.25, 0.3) is 0 Å². The molecule has 5 heteroatoms. The van der Waals surface area contributed by atoms with Gasteiger partial charge in [0.25, 0.3) is 0 Å². The van der Waals surface area contributed by atoms with E-state index < -0.39 is 0 Å². The molecule has 0 radical (unpaired) electrons. The average Bonchev–Trinajstić information content (AvgIpc) is 2.41. The van der Waals surface area contributed by atoms with Crippen LogP contribution in [0, 0.1) is 0 Å². The fourth-order valence-electron chi connectivity index (χ4n) is 1.86. The zero-order valence-electron chi connectivity index (χ0n) is 10.6. The van der Waals surface area contributed by atoms with Crippen molar-refractivity contribution in [2.75, 3.05) is 44.0 Å². The topological polar surface area (TPSA) is 65.7 Å². The minimum absolute atomic E-state index is 0.0777. The molecule has 0 saturated carbocycles. The lowest BCUT2D eigenvalue weighted by Gasteiger charge is -2.24. The van der Waals surface area contributed by atoms with Gasteiger partial charge in [0, 0.05) is 6.54 Å². The molecule has 0 aliphatic carbocycles. The number of rotatable bonds is 5. The summed E-state index contributed by atoms with van der Waals surface area (Å²) < 4.78 is 16.3. The Morgan fingerprint density at radius 1 is 1.44 bits per heavy atom. The molecule has 1 saturated heterocycles. The highest BCUT2D eigenvalue weighted by Gasteiger charge is 2.14. The van der Waals surface area contributed by atoms with E-state index in [1.165, 1.54) is 0 Å². The first-order valence-corrected chi connectivity index (χ1v) is 6.25. The summed E-state index contributed by atoms with van der Waals surface area (Å²) in [7, 11) is 0. The van der Waals surface area contributed by atoms with Crippen LogP contribution in [0.1, 0.15) is 6.92 Å². The zero-order valence-corrected chi connectivity index (χ0v) is 10.6. The second-order valence-corrected chi connectivity index (χ2v) is 4.10. The van der Waals surface area contributed by atoms with Crippen LogP contribution in [-0.4, -0.2) is 39.1 Å². The Balaban J connectivity index is 1.93. The molecule has 1 aromatic rings. The van der Waals surface area contributed by atoms with Crippen LogP contribution < -0.4 is 15.8 Å². The molecular weight excluding hydrogens is 232 g/mol. The van der Waals surface area contributed by atoms with Crippen molar-refractivity contribution in [2.45, 2.75) is 13.0 Å². The van der Waals surface area contributed by atoms with Gasteiger partial charge in [0.15, 0.2) is 0 Å². The van der Waals surface area contributed by atoms with Crippen LogP contribution in [0.4, 0.5) is 11.4 Å². The Labute approximate surface area is 107 Å². The van der Waals surface area contributed by atoms with E-state index in [1.54, 1.807) is 0 Å². The summed E-state index contributed by atoms with van der Waals surface area (Å²) in [5.74, 6) is 0.711. The monoisotopic (exact) mass is 252 g/mol. The summed E-state index contributed by atoms with van der Waals surface area (Å²) in [4.78, 5) is 0. The van der Waals surface area contributed by atoms with E-state index in [-0.39, 0.29) is 6.10 Å². The van der Waals surface area contributed by atoms with Gasteiger partial charge in [-0.15, -0.1) is 0 Å². The summed E-state index contributed by atoms with van der Waals surface area (Å²) in [6, 6.07) is 5.72. The summed E-state index contributed by atoms with van der Waals surface area (Å²) in [6.45, 7) is 5.18. The number of benzene rings is 1. The minimum Gasteiger partial charge on any atom is -0.492 e. The first-order chi connectivity index (χ1) is 8.81. The summed E-state index contributed by atoms with van der Waals surface area (Å²) in [6.07, 6.45) is 0.0777. The number of nitrogen functional groups attached to an aromatic ring is 1. The highest BCUT2D eigenvalue weighted by Crippen LogP contribution is 2.29. The minimum atomic E-state index is 0.0777. The largest absolute Gasteiger partial charge is 0.492 e. The normalized spacial score (nSPS) is 19.5. The van der Waals surface area contributed by atoms with Crippen LogP contribution >= 0.6 is 0 Å². The van der Waals surface area contributed by atoms with Gasteiger partial charge in [0.1, 0.15) is 5.75 Å². The molecule has 0 bridgehead atoms. The van der Waals surface area contributed by atoms with E-state index in [0.29, 0.717) is 44.4 Å². The van der Waals surface area contributed by atoms with E-state index in [2.05, 4.69) is 5.32 Å². The molecular formula is C13H20N2O3. The van der Waals surface area contributed by atoms with Crippen molar-refractivity contribution < 1.29 is 14.2 Å². The third kappa shape index (κ3) is 3.27. The molecule has 1 aliphatic heterocycles. The van der Waals surface area contributed by atoms with Crippen LogP contribution in [0.2, 0.25) is 0 Å². The van der Waals surface area contributed by atoms with E-state index in [9.17, 15) is 0 Å². The van der Waals surface area contributed by atoms with E-state index in [1.807, 2.05) is 25.1 Å². The Bertz CT molecular complexity index is 378. The smallest absolute Gasteiger partial charge is 0.144 e. The molecule has 0 amide bonds. The third-order valence-corrected chi connectivity index (χ3v) is 2.77. The van der Waals surface area contributed by atoms with E-state index >= 15 is 0 Å². The molecule has 1 aliphatic rings. The number of hydrogen-bond acceptors (Lipinski definition) is 5. The Hall–Kier alpha value is -1.46. The lowest BCUT2D eigenvalue weighted by atomic mass is 10.2. The van der Waals surface area contributed by atoms with Crippen LogP contribution in [0.5, 0.6) is 5.75 Å². The second-order valence-electron chi connectivity index (χ2n) is 4.10. The molecule has 1 atom stereocenters. The predicted molar refractivity (Wildman–Crippen MR) is 71.1 cm³/mol. The maximum absolute atomic E-state index is 6.03. The molecule has 5 nitrogen and oxygen atoms in total. The van der Waals surface area contributed by atoms with Gasteiger partial charge in [-0.05, 0) is 19.1 Å². The molecule has 18 heavy (non-hydrogen) atoms. The van der Waals surface area contributed by atoms with Crippen molar-refractivity contribution in [3.8, 4) is 5.75 Å². The number of anilines is 2. The summed E-state index contributed by atoms with van der Waals surface area (Å²) >= 11 is 0. The lowest BCUT2D eigenvalue weighted by molar-refractivity contribution is -0.0818. The average molecular weight is 252 g/mol. The SMILES string of the molecule is CCOc1cccc(NCC2COCCO2)c1N. The molecule has 0 aromatic heterocycles. The van der Waals surface area contributed by atoms with Gasteiger partial charge in [-0.3, -0.25) is 0 Å². The van der Waals surface area contributed by atoms with E-state index in [0.717, 1.165) is 5.69 Å². The fourth-order valence-corrected chi connectivity index (χ4v) is 1.86. The van der Waals surface area contributed by atoms with Gasteiger partial charge < -0.3 is 25.3 Å². The summed E-state index contributed by atoms with van der Waals surface area (Å²) in [5.41, 5.74) is 7.53. The Kier molecular flexibility index (Phi) is 4.66. The van der Waals surface area contributed by atoms with Gasteiger partial charge in [0.05, 0.1) is 43.9 Å². The van der Waals surface area contributed by atoms with Crippen molar-refractivity contribution in [2.24, 2.45) is 0 Å². The number of ether oxygens (including phenoxy) is 3. The molecule has 0 spiro atoms. The van der Waals surface area contributed by atoms with Gasteiger partial charge >= 0.3 is 0 Å². The number of nitrogens with one attached hydrogen (secondary N) is 1. The lowest BCUT2D eigenvalue weighted by Crippen LogP contribution is -2.34. The highest BCUT2D eigenvalue weighted by atomic mass is 16.6. The number of hydrogen-bond donors (Lipinski definition) is 2. The summed E-state index contributed by atoms with van der Waals surface area (Å²) in [5, 5.41) is 3.27. The van der Waals surface area contributed by atoms with Crippen molar-refractivity contribution in [3.63, 3.8) is 0 Å². The maximum atomic E-state index is 6.03. The molecule has 1 fully saturated rings. The predicted octanol–water partition coefficient (Wildman–Crippen LogP) is 1.49. The molecule has 1 unspecified atom stereocenters. The highest BCUT2D eigenvalue weighted by molar-refractivity contribution is 5.72. The van der Waals surface area contributed by atoms with Gasteiger partial charge in [0.2, 0.25) is 0 Å². The van der Waals surface area contributed by atoms with Gasteiger partial charge in [-0.1, -0.05) is 6.07 Å². The van der Waals surface area contributed by atoms with Crippen LogP contribution in [-0.2, 0) is 9.47 Å².